The van der Waals surface area contributed by atoms with Gasteiger partial charge in [0.1, 0.15) is 12.4 Å². The lowest BCUT2D eigenvalue weighted by molar-refractivity contribution is -0.111. The number of rotatable bonds is 6. The van der Waals surface area contributed by atoms with Gasteiger partial charge in [-0.1, -0.05) is 18.2 Å². The van der Waals surface area contributed by atoms with E-state index in [-0.39, 0.29) is 5.91 Å². The van der Waals surface area contributed by atoms with Crippen molar-refractivity contribution in [2.45, 2.75) is 13.5 Å². The van der Waals surface area contributed by atoms with Gasteiger partial charge in [0.15, 0.2) is 0 Å². The molecule has 0 aliphatic carbocycles. The summed E-state index contributed by atoms with van der Waals surface area (Å²) in [7, 11) is 0. The van der Waals surface area contributed by atoms with Crippen LogP contribution in [0.15, 0.2) is 60.0 Å². The zero-order chi connectivity index (χ0) is 19.1. The first-order valence-electron chi connectivity index (χ1n) is 8.25. The third kappa shape index (κ3) is 5.53. The van der Waals surface area contributed by atoms with Crippen LogP contribution in [0.3, 0.4) is 0 Å². The Morgan fingerprint density at radius 1 is 1.30 bits per heavy atom. The smallest absolute Gasteiger partial charge is 0.248 e. The van der Waals surface area contributed by atoms with Crippen molar-refractivity contribution in [3.8, 4) is 11.8 Å². The highest BCUT2D eigenvalue weighted by molar-refractivity contribution is 7.09. The van der Waals surface area contributed by atoms with Gasteiger partial charge in [0, 0.05) is 17.1 Å². The van der Waals surface area contributed by atoms with E-state index < -0.39 is 0 Å². The number of hydrogen-bond donors (Lipinski definition) is 1. The van der Waals surface area contributed by atoms with Gasteiger partial charge >= 0.3 is 0 Å². The Morgan fingerprint density at radius 3 is 2.81 bits per heavy atom. The summed E-state index contributed by atoms with van der Waals surface area (Å²) in [5.41, 5.74) is 2.89. The van der Waals surface area contributed by atoms with Crippen molar-refractivity contribution < 1.29 is 9.53 Å². The van der Waals surface area contributed by atoms with Gasteiger partial charge in [0.05, 0.1) is 22.3 Å². The number of amides is 1. The van der Waals surface area contributed by atoms with Crippen LogP contribution in [0.4, 0.5) is 5.69 Å². The third-order valence-corrected chi connectivity index (χ3v) is 4.44. The van der Waals surface area contributed by atoms with Crippen molar-refractivity contribution in [1.29, 1.82) is 5.26 Å². The van der Waals surface area contributed by atoms with Crippen LogP contribution in [-0.4, -0.2) is 10.9 Å². The summed E-state index contributed by atoms with van der Waals surface area (Å²) in [6.45, 7) is 2.40. The molecule has 1 heterocycles. The molecule has 1 aromatic heterocycles. The van der Waals surface area contributed by atoms with Crippen LogP contribution in [0.2, 0.25) is 0 Å². The summed E-state index contributed by atoms with van der Waals surface area (Å²) in [5, 5.41) is 14.6. The summed E-state index contributed by atoms with van der Waals surface area (Å²) < 4.78 is 5.70. The number of ether oxygens (including phenoxy) is 1. The molecule has 2 aromatic carbocycles. The molecule has 0 saturated carbocycles. The van der Waals surface area contributed by atoms with Crippen LogP contribution in [0.1, 0.15) is 21.8 Å². The van der Waals surface area contributed by atoms with Gasteiger partial charge in [-0.05, 0) is 48.9 Å². The Bertz CT molecular complexity index is 1000. The first-order chi connectivity index (χ1) is 13.1. The average molecular weight is 375 g/mol. The van der Waals surface area contributed by atoms with Gasteiger partial charge in [-0.25, -0.2) is 4.98 Å². The molecular formula is C21H17N3O2S. The number of carbonyl (C=O) groups excluding carboxylic acids is 1. The number of thiazole rings is 1. The third-order valence-electron chi connectivity index (χ3n) is 3.62. The number of nitriles is 1. The molecule has 0 aliphatic rings. The number of anilines is 1. The molecule has 1 N–H and O–H groups in total. The summed E-state index contributed by atoms with van der Waals surface area (Å²) in [5.74, 6) is 0.486. The van der Waals surface area contributed by atoms with Gasteiger partial charge < -0.3 is 10.1 Å². The Morgan fingerprint density at radius 2 is 2.11 bits per heavy atom. The summed E-state index contributed by atoms with van der Waals surface area (Å²) >= 11 is 1.60. The number of aromatic nitrogens is 1. The largest absolute Gasteiger partial charge is 0.487 e. The molecule has 1 amide bonds. The van der Waals surface area contributed by atoms with Crippen LogP contribution < -0.4 is 10.1 Å². The predicted molar refractivity (Wildman–Crippen MR) is 106 cm³/mol. The van der Waals surface area contributed by atoms with Crippen LogP contribution in [0.5, 0.6) is 5.75 Å². The minimum absolute atomic E-state index is 0.260. The minimum atomic E-state index is -0.260. The number of carbonyl (C=O) groups is 1. The molecule has 0 bridgehead atoms. The summed E-state index contributed by atoms with van der Waals surface area (Å²) in [6, 6.07) is 16.3. The molecule has 0 radical (unpaired) electrons. The fraction of sp³-hybridized carbons (Fsp3) is 0.0952. The number of hydrogen-bond acceptors (Lipinski definition) is 5. The number of nitrogens with zero attached hydrogens (tertiary/aromatic N) is 2. The average Bonchev–Trinajstić information content (AvgIpc) is 3.11. The molecule has 0 unspecified atom stereocenters. The van der Waals surface area contributed by atoms with E-state index in [1.165, 1.54) is 6.08 Å². The molecule has 3 rings (SSSR count). The lowest BCUT2D eigenvalue weighted by Crippen LogP contribution is -2.07. The standard InChI is InChI=1S/C21H17N3O2S/c1-15-23-19(14-27-15)13-26-20-8-5-16(6-9-20)7-10-21(25)24-18-4-2-3-17(11-18)12-22/h2-11,14H,13H2,1H3,(H,24,25)/b10-7+. The lowest BCUT2D eigenvalue weighted by Gasteiger charge is -2.04. The molecule has 134 valence electrons. The fourth-order valence-corrected chi connectivity index (χ4v) is 2.93. The molecule has 6 heteroatoms. The number of aryl methyl sites for hydroxylation is 1. The van der Waals surface area contributed by atoms with E-state index >= 15 is 0 Å². The molecule has 27 heavy (non-hydrogen) atoms. The molecule has 0 aliphatic heterocycles. The molecular weight excluding hydrogens is 358 g/mol. The number of benzene rings is 2. The molecule has 0 saturated heterocycles. The van der Waals surface area contributed by atoms with Crippen molar-refractivity contribution >= 4 is 29.0 Å². The zero-order valence-electron chi connectivity index (χ0n) is 14.7. The van der Waals surface area contributed by atoms with Crippen molar-refractivity contribution in [3.63, 3.8) is 0 Å². The first kappa shape index (κ1) is 18.4. The summed E-state index contributed by atoms with van der Waals surface area (Å²) in [6.07, 6.45) is 3.17. The molecule has 0 spiro atoms. The highest BCUT2D eigenvalue weighted by Crippen LogP contribution is 2.16. The van der Waals surface area contributed by atoms with E-state index in [0.29, 0.717) is 17.9 Å². The molecule has 5 nitrogen and oxygen atoms in total. The second-order valence-corrected chi connectivity index (χ2v) is 6.79. The number of nitrogens with one attached hydrogen (secondary N) is 1. The van der Waals surface area contributed by atoms with Crippen LogP contribution in [0, 0.1) is 18.3 Å². The van der Waals surface area contributed by atoms with Crippen LogP contribution >= 0.6 is 11.3 Å². The monoisotopic (exact) mass is 375 g/mol. The summed E-state index contributed by atoms with van der Waals surface area (Å²) in [4.78, 5) is 16.4. The van der Waals surface area contributed by atoms with E-state index in [1.807, 2.05) is 42.6 Å². The highest BCUT2D eigenvalue weighted by Gasteiger charge is 2.01. The Balaban J connectivity index is 1.53. The maximum atomic E-state index is 12.0. The normalized spacial score (nSPS) is 10.5. The molecule has 0 fully saturated rings. The van der Waals surface area contributed by atoms with E-state index in [9.17, 15) is 4.79 Å². The van der Waals surface area contributed by atoms with Gasteiger partial charge in [-0.2, -0.15) is 5.26 Å². The topological polar surface area (TPSA) is 75.0 Å². The van der Waals surface area contributed by atoms with E-state index in [2.05, 4.69) is 10.3 Å². The Labute approximate surface area is 161 Å². The van der Waals surface area contributed by atoms with Crippen LogP contribution in [-0.2, 0) is 11.4 Å². The van der Waals surface area contributed by atoms with Crippen molar-refractivity contribution in [3.05, 3.63) is 81.8 Å². The molecule has 0 atom stereocenters. The second kappa shape index (κ2) is 8.79. The fourth-order valence-electron chi connectivity index (χ4n) is 2.33. The van der Waals surface area contributed by atoms with E-state index in [1.54, 1.807) is 41.7 Å². The maximum Gasteiger partial charge on any atom is 0.248 e. The molecule has 3 aromatic rings. The Kier molecular flexibility index (Phi) is 5.98. The first-order valence-corrected chi connectivity index (χ1v) is 9.13. The minimum Gasteiger partial charge on any atom is -0.487 e. The van der Waals surface area contributed by atoms with Crippen molar-refractivity contribution in [2.75, 3.05) is 5.32 Å². The van der Waals surface area contributed by atoms with Gasteiger partial charge in [0.25, 0.3) is 0 Å². The maximum absolute atomic E-state index is 12.0. The quantitative estimate of drug-likeness (QED) is 0.641. The van der Waals surface area contributed by atoms with E-state index in [4.69, 9.17) is 10.00 Å². The van der Waals surface area contributed by atoms with E-state index in [0.717, 1.165) is 22.0 Å². The highest BCUT2D eigenvalue weighted by atomic mass is 32.1. The zero-order valence-corrected chi connectivity index (χ0v) is 15.5. The van der Waals surface area contributed by atoms with Crippen molar-refractivity contribution in [2.24, 2.45) is 0 Å². The second-order valence-electron chi connectivity index (χ2n) is 5.73. The van der Waals surface area contributed by atoms with Gasteiger partial charge in [-0.15, -0.1) is 11.3 Å². The predicted octanol–water partition coefficient (Wildman–Crippen LogP) is 4.55. The van der Waals surface area contributed by atoms with Gasteiger partial charge in [-0.3, -0.25) is 4.79 Å². The van der Waals surface area contributed by atoms with Crippen LogP contribution in [0.25, 0.3) is 6.08 Å². The van der Waals surface area contributed by atoms with Crippen molar-refractivity contribution in [1.82, 2.24) is 4.98 Å². The SMILES string of the molecule is Cc1nc(COc2ccc(/C=C/C(=O)Nc3cccc(C#N)c3)cc2)cs1. The lowest BCUT2D eigenvalue weighted by atomic mass is 10.2. The Hall–Kier alpha value is -3.43. The van der Waals surface area contributed by atoms with Gasteiger partial charge in [0.2, 0.25) is 5.91 Å².